The quantitative estimate of drug-likeness (QED) is 0.595. The number of nitrogens with zero attached hydrogens (tertiary/aromatic N) is 4. The molecule has 0 amide bonds. The van der Waals surface area contributed by atoms with E-state index < -0.39 is 17.7 Å². The molecule has 0 unspecified atom stereocenters. The minimum atomic E-state index is -0.626. The average Bonchev–Trinajstić information content (AvgIpc) is 3.03. The van der Waals surface area contributed by atoms with E-state index in [1.807, 2.05) is 6.92 Å². The third-order valence-corrected chi connectivity index (χ3v) is 3.44. The van der Waals surface area contributed by atoms with Crippen LogP contribution in [0, 0.1) is 18.6 Å². The van der Waals surface area contributed by atoms with Crippen LogP contribution >= 0.6 is 0 Å². The Labute approximate surface area is 148 Å². The van der Waals surface area contributed by atoms with Gasteiger partial charge >= 0.3 is 0 Å². The normalized spacial score (nSPS) is 12.0. The molecule has 3 aromatic rings. The molecular formula is C16H17F2N7O. The fourth-order valence-corrected chi connectivity index (χ4v) is 2.24. The summed E-state index contributed by atoms with van der Waals surface area (Å²) in [6, 6.07) is 4.10. The van der Waals surface area contributed by atoms with Crippen molar-refractivity contribution >= 4 is 17.6 Å². The van der Waals surface area contributed by atoms with Crippen LogP contribution in [0.3, 0.4) is 0 Å². The third kappa shape index (κ3) is 4.28. The fourth-order valence-electron chi connectivity index (χ4n) is 2.24. The van der Waals surface area contributed by atoms with Crippen molar-refractivity contribution in [1.82, 2.24) is 25.1 Å². The molecule has 26 heavy (non-hydrogen) atoms. The van der Waals surface area contributed by atoms with E-state index in [1.54, 1.807) is 6.07 Å². The summed E-state index contributed by atoms with van der Waals surface area (Å²) >= 11 is 0. The second-order valence-electron chi connectivity index (χ2n) is 5.50. The summed E-state index contributed by atoms with van der Waals surface area (Å²) in [5, 5.41) is 12.5. The topological polar surface area (TPSA) is 101 Å². The van der Waals surface area contributed by atoms with Gasteiger partial charge in [-0.25, -0.2) is 13.8 Å². The summed E-state index contributed by atoms with van der Waals surface area (Å²) in [5.74, 6) is -0.505. The van der Waals surface area contributed by atoms with Gasteiger partial charge in [-0.3, -0.25) is 10.1 Å². The molecule has 0 saturated carbocycles. The maximum absolute atomic E-state index is 14.0. The van der Waals surface area contributed by atoms with Crippen molar-refractivity contribution in [3.8, 4) is 0 Å². The Morgan fingerprint density at radius 1 is 1.23 bits per heavy atom. The maximum Gasteiger partial charge on any atom is 0.225 e. The number of rotatable bonds is 7. The summed E-state index contributed by atoms with van der Waals surface area (Å²) in [6.45, 7) is 2.06. The Balaban J connectivity index is 1.80. The summed E-state index contributed by atoms with van der Waals surface area (Å²) in [5.41, 5.74) is 1.36. The van der Waals surface area contributed by atoms with Gasteiger partial charge in [-0.2, -0.15) is 10.1 Å². The second-order valence-corrected chi connectivity index (χ2v) is 5.50. The number of methoxy groups -OCH3 is 1. The van der Waals surface area contributed by atoms with E-state index in [-0.39, 0.29) is 18.4 Å². The van der Waals surface area contributed by atoms with Crippen molar-refractivity contribution in [2.45, 2.75) is 13.0 Å². The number of halogens is 2. The van der Waals surface area contributed by atoms with E-state index in [4.69, 9.17) is 4.74 Å². The van der Waals surface area contributed by atoms with Crippen molar-refractivity contribution < 1.29 is 13.5 Å². The van der Waals surface area contributed by atoms with E-state index >= 15 is 0 Å². The monoisotopic (exact) mass is 361 g/mol. The number of H-pyrrole nitrogens is 1. The van der Waals surface area contributed by atoms with Crippen molar-refractivity contribution in [3.63, 3.8) is 0 Å². The standard InChI is InChI=1S/C16H17F2N7O/c1-9-5-14(25-24-9)22-15-11(18)7-20-16(23-15)21-13(8-26-2)12-4-3-10(17)6-19-12/h3-7,13H,8H2,1-2H3,(H3,20,21,22,23,24,25)/t13-/m0/s1. The molecule has 3 N–H and O–H groups in total. The molecule has 1 atom stereocenters. The van der Waals surface area contributed by atoms with E-state index in [0.29, 0.717) is 11.5 Å². The first-order valence-electron chi connectivity index (χ1n) is 7.73. The number of aryl methyl sites for hydroxylation is 1. The summed E-state index contributed by atoms with van der Waals surface area (Å²) in [4.78, 5) is 12.1. The summed E-state index contributed by atoms with van der Waals surface area (Å²) < 4.78 is 32.2. The first-order valence-corrected chi connectivity index (χ1v) is 7.73. The molecule has 0 aliphatic carbocycles. The van der Waals surface area contributed by atoms with E-state index in [1.165, 1.54) is 19.2 Å². The smallest absolute Gasteiger partial charge is 0.225 e. The molecule has 3 rings (SSSR count). The Morgan fingerprint density at radius 3 is 2.73 bits per heavy atom. The lowest BCUT2D eigenvalue weighted by molar-refractivity contribution is 0.185. The van der Waals surface area contributed by atoms with Gasteiger partial charge in [0.1, 0.15) is 5.82 Å². The molecule has 0 aromatic carbocycles. The molecule has 3 aromatic heterocycles. The lowest BCUT2D eigenvalue weighted by Gasteiger charge is -2.17. The SMILES string of the molecule is COC[C@H](Nc1ncc(F)c(Nc2cc(C)[nH]n2)n1)c1ccc(F)cn1. The van der Waals surface area contributed by atoms with Gasteiger partial charge in [-0.15, -0.1) is 0 Å². The van der Waals surface area contributed by atoms with Crippen LogP contribution < -0.4 is 10.6 Å². The minimum absolute atomic E-state index is 0.0303. The van der Waals surface area contributed by atoms with Crippen LogP contribution in [0.1, 0.15) is 17.4 Å². The number of aromatic nitrogens is 5. The van der Waals surface area contributed by atoms with Gasteiger partial charge in [0.2, 0.25) is 5.95 Å². The minimum Gasteiger partial charge on any atom is -0.382 e. The van der Waals surface area contributed by atoms with Crippen LogP contribution in [0.5, 0.6) is 0 Å². The van der Waals surface area contributed by atoms with Crippen molar-refractivity contribution in [2.24, 2.45) is 0 Å². The van der Waals surface area contributed by atoms with Crippen LogP contribution in [0.15, 0.2) is 30.6 Å². The van der Waals surface area contributed by atoms with Crippen LogP contribution in [0.25, 0.3) is 0 Å². The molecule has 0 aliphatic rings. The molecule has 0 radical (unpaired) electrons. The maximum atomic E-state index is 14.0. The highest BCUT2D eigenvalue weighted by atomic mass is 19.1. The number of aromatic amines is 1. The van der Waals surface area contributed by atoms with Gasteiger partial charge in [0.15, 0.2) is 17.5 Å². The Hall–Kier alpha value is -3.14. The van der Waals surface area contributed by atoms with Gasteiger partial charge in [0, 0.05) is 18.9 Å². The molecule has 0 fully saturated rings. The van der Waals surface area contributed by atoms with E-state index in [0.717, 1.165) is 18.1 Å². The zero-order valence-corrected chi connectivity index (χ0v) is 14.1. The molecule has 0 bridgehead atoms. The molecular weight excluding hydrogens is 344 g/mol. The number of hydrogen-bond acceptors (Lipinski definition) is 7. The van der Waals surface area contributed by atoms with Gasteiger partial charge in [-0.05, 0) is 19.1 Å². The lowest BCUT2D eigenvalue weighted by Crippen LogP contribution is -2.19. The summed E-state index contributed by atoms with van der Waals surface area (Å²) in [6.07, 6.45) is 2.15. The van der Waals surface area contributed by atoms with Crippen molar-refractivity contribution in [1.29, 1.82) is 0 Å². The second kappa shape index (κ2) is 7.83. The van der Waals surface area contributed by atoms with Gasteiger partial charge in [0.05, 0.1) is 30.7 Å². The molecule has 8 nitrogen and oxygen atoms in total. The van der Waals surface area contributed by atoms with Crippen LogP contribution in [0.2, 0.25) is 0 Å². The van der Waals surface area contributed by atoms with E-state index in [9.17, 15) is 8.78 Å². The van der Waals surface area contributed by atoms with Crippen LogP contribution in [-0.4, -0.2) is 38.9 Å². The van der Waals surface area contributed by atoms with Crippen molar-refractivity contribution in [3.05, 3.63) is 53.6 Å². The molecule has 10 heteroatoms. The number of anilines is 3. The number of ether oxygens (including phenoxy) is 1. The van der Waals surface area contributed by atoms with Gasteiger partial charge < -0.3 is 15.4 Å². The molecule has 0 saturated heterocycles. The third-order valence-electron chi connectivity index (χ3n) is 3.44. The zero-order valence-electron chi connectivity index (χ0n) is 14.1. The predicted molar refractivity (Wildman–Crippen MR) is 91.0 cm³/mol. The Kier molecular flexibility index (Phi) is 5.32. The van der Waals surface area contributed by atoms with Crippen LogP contribution in [0.4, 0.5) is 26.4 Å². The molecule has 0 spiro atoms. The lowest BCUT2D eigenvalue weighted by atomic mass is 10.2. The number of hydrogen-bond donors (Lipinski definition) is 3. The first kappa shape index (κ1) is 17.7. The number of pyridine rings is 1. The first-order chi connectivity index (χ1) is 12.5. The highest BCUT2D eigenvalue weighted by Gasteiger charge is 2.16. The Bertz CT molecular complexity index is 869. The van der Waals surface area contributed by atoms with Gasteiger partial charge in [-0.1, -0.05) is 0 Å². The largest absolute Gasteiger partial charge is 0.382 e. The average molecular weight is 361 g/mol. The van der Waals surface area contributed by atoms with Gasteiger partial charge in [0.25, 0.3) is 0 Å². The highest BCUT2D eigenvalue weighted by Crippen LogP contribution is 2.20. The highest BCUT2D eigenvalue weighted by molar-refractivity contribution is 5.53. The zero-order chi connectivity index (χ0) is 18.5. The van der Waals surface area contributed by atoms with Crippen molar-refractivity contribution in [2.75, 3.05) is 24.4 Å². The number of nitrogens with one attached hydrogen (secondary N) is 3. The van der Waals surface area contributed by atoms with E-state index in [2.05, 4.69) is 35.8 Å². The Morgan fingerprint density at radius 2 is 2.08 bits per heavy atom. The predicted octanol–water partition coefficient (Wildman–Crippen LogP) is 2.72. The van der Waals surface area contributed by atoms with Crippen LogP contribution in [-0.2, 0) is 4.74 Å². The molecule has 0 aliphatic heterocycles. The molecule has 136 valence electrons. The molecule has 3 heterocycles. The fraction of sp³-hybridized carbons (Fsp3) is 0.250. The summed E-state index contributed by atoms with van der Waals surface area (Å²) in [7, 11) is 1.52.